The van der Waals surface area contributed by atoms with Gasteiger partial charge < -0.3 is 10.5 Å². The van der Waals surface area contributed by atoms with E-state index in [4.69, 9.17) is 10.5 Å². The van der Waals surface area contributed by atoms with Crippen molar-refractivity contribution in [3.8, 4) is 11.5 Å². The smallest absolute Gasteiger partial charge is 0.130 e. The van der Waals surface area contributed by atoms with E-state index >= 15 is 0 Å². The first kappa shape index (κ1) is 14.1. The van der Waals surface area contributed by atoms with Crippen LogP contribution in [0.5, 0.6) is 11.5 Å². The molecule has 2 aromatic carbocycles. The molecular formula is C16H18BrNO. The summed E-state index contributed by atoms with van der Waals surface area (Å²) in [7, 11) is 0. The first-order chi connectivity index (χ1) is 8.99. The number of hydrogen-bond acceptors (Lipinski definition) is 2. The Labute approximate surface area is 122 Å². The van der Waals surface area contributed by atoms with E-state index in [1.54, 1.807) is 0 Å². The first-order valence-electron chi connectivity index (χ1n) is 6.28. The molecule has 2 rings (SSSR count). The second kappa shape index (κ2) is 5.76. The van der Waals surface area contributed by atoms with Crippen molar-refractivity contribution in [3.63, 3.8) is 0 Å². The predicted molar refractivity (Wildman–Crippen MR) is 82.7 cm³/mol. The van der Waals surface area contributed by atoms with Crippen LogP contribution in [-0.2, 0) is 0 Å². The Morgan fingerprint density at radius 2 is 1.89 bits per heavy atom. The van der Waals surface area contributed by atoms with E-state index in [0.717, 1.165) is 27.1 Å². The number of ether oxygens (including phenoxy) is 1. The van der Waals surface area contributed by atoms with E-state index in [9.17, 15) is 0 Å². The molecule has 0 fully saturated rings. The van der Waals surface area contributed by atoms with Gasteiger partial charge in [-0.25, -0.2) is 0 Å². The van der Waals surface area contributed by atoms with E-state index in [-0.39, 0.29) is 6.04 Å². The Bertz CT molecular complexity index is 593. The number of nitrogens with two attached hydrogens (primary N) is 1. The van der Waals surface area contributed by atoms with Crippen LogP contribution in [0.4, 0.5) is 0 Å². The van der Waals surface area contributed by atoms with Gasteiger partial charge in [0.05, 0.1) is 0 Å². The molecule has 0 unspecified atom stereocenters. The third kappa shape index (κ3) is 3.17. The average molecular weight is 320 g/mol. The summed E-state index contributed by atoms with van der Waals surface area (Å²) in [5.41, 5.74) is 9.36. The van der Waals surface area contributed by atoms with Crippen molar-refractivity contribution in [2.45, 2.75) is 26.8 Å². The fraction of sp³-hybridized carbons (Fsp3) is 0.250. The van der Waals surface area contributed by atoms with Gasteiger partial charge >= 0.3 is 0 Å². The predicted octanol–water partition coefficient (Wildman–Crippen LogP) is 4.88. The molecule has 1 atom stereocenters. The Kier molecular flexibility index (Phi) is 4.27. The maximum absolute atomic E-state index is 5.93. The van der Waals surface area contributed by atoms with E-state index in [0.29, 0.717) is 0 Å². The Balaban J connectivity index is 2.29. The van der Waals surface area contributed by atoms with Crippen molar-refractivity contribution in [2.24, 2.45) is 5.73 Å². The molecule has 0 saturated heterocycles. The van der Waals surface area contributed by atoms with Crippen LogP contribution in [-0.4, -0.2) is 0 Å². The molecule has 0 aliphatic heterocycles. The lowest BCUT2D eigenvalue weighted by molar-refractivity contribution is 0.477. The molecule has 2 N–H and O–H groups in total. The summed E-state index contributed by atoms with van der Waals surface area (Å²) in [6.07, 6.45) is 0. The lowest BCUT2D eigenvalue weighted by Crippen LogP contribution is -2.05. The van der Waals surface area contributed by atoms with E-state index in [1.807, 2.05) is 37.3 Å². The van der Waals surface area contributed by atoms with Crippen LogP contribution < -0.4 is 10.5 Å². The number of aryl methyl sites for hydroxylation is 1. The maximum Gasteiger partial charge on any atom is 0.130 e. The minimum Gasteiger partial charge on any atom is -0.457 e. The highest BCUT2D eigenvalue weighted by Crippen LogP contribution is 2.31. The van der Waals surface area contributed by atoms with Crippen LogP contribution in [0, 0.1) is 13.8 Å². The van der Waals surface area contributed by atoms with Crippen molar-refractivity contribution in [1.29, 1.82) is 0 Å². The summed E-state index contributed by atoms with van der Waals surface area (Å²) < 4.78 is 6.91. The zero-order chi connectivity index (χ0) is 14.0. The zero-order valence-corrected chi connectivity index (χ0v) is 13.0. The zero-order valence-electron chi connectivity index (χ0n) is 11.4. The standard InChI is InChI=1S/C16H18BrNO/c1-10-5-4-6-16(11(10)2)19-13-7-8-14(12(3)18)15(17)9-13/h4-9,12H,18H2,1-3H3/t12-/m0/s1. The highest BCUT2D eigenvalue weighted by Gasteiger charge is 2.08. The number of hydrogen-bond donors (Lipinski definition) is 1. The van der Waals surface area contributed by atoms with Gasteiger partial charge in [-0.15, -0.1) is 0 Å². The SMILES string of the molecule is Cc1cccc(Oc2ccc([C@H](C)N)c(Br)c2)c1C. The van der Waals surface area contributed by atoms with Gasteiger partial charge in [-0.2, -0.15) is 0 Å². The summed E-state index contributed by atoms with van der Waals surface area (Å²) in [5, 5.41) is 0. The monoisotopic (exact) mass is 319 g/mol. The van der Waals surface area contributed by atoms with E-state index in [1.165, 1.54) is 5.56 Å². The van der Waals surface area contributed by atoms with Crippen molar-refractivity contribution < 1.29 is 4.74 Å². The van der Waals surface area contributed by atoms with Gasteiger partial charge in [-0.1, -0.05) is 34.1 Å². The minimum absolute atomic E-state index is 0.00382. The molecule has 3 heteroatoms. The molecule has 0 bridgehead atoms. The molecule has 0 spiro atoms. The van der Waals surface area contributed by atoms with E-state index < -0.39 is 0 Å². The number of benzene rings is 2. The molecule has 0 aliphatic rings. The van der Waals surface area contributed by atoms with E-state index in [2.05, 4.69) is 35.8 Å². The normalized spacial score (nSPS) is 12.3. The molecule has 0 aromatic heterocycles. The molecule has 19 heavy (non-hydrogen) atoms. The van der Waals surface area contributed by atoms with Gasteiger partial charge in [-0.3, -0.25) is 0 Å². The fourth-order valence-corrected chi connectivity index (χ4v) is 2.62. The molecule has 0 heterocycles. The number of rotatable bonds is 3. The van der Waals surface area contributed by atoms with Crippen LogP contribution in [0.25, 0.3) is 0 Å². The third-order valence-electron chi connectivity index (χ3n) is 3.25. The van der Waals surface area contributed by atoms with Crippen LogP contribution in [0.1, 0.15) is 29.7 Å². The summed E-state index contributed by atoms with van der Waals surface area (Å²) >= 11 is 3.53. The first-order valence-corrected chi connectivity index (χ1v) is 7.07. The van der Waals surface area contributed by atoms with Crippen molar-refractivity contribution in [3.05, 3.63) is 57.6 Å². The van der Waals surface area contributed by atoms with Gasteiger partial charge in [0.25, 0.3) is 0 Å². The molecule has 0 aliphatic carbocycles. The quantitative estimate of drug-likeness (QED) is 0.875. The Hall–Kier alpha value is -1.32. The summed E-state index contributed by atoms with van der Waals surface area (Å²) in [6.45, 7) is 6.11. The molecule has 0 radical (unpaired) electrons. The van der Waals surface area contributed by atoms with Crippen molar-refractivity contribution >= 4 is 15.9 Å². The highest BCUT2D eigenvalue weighted by molar-refractivity contribution is 9.10. The van der Waals surface area contributed by atoms with Gasteiger partial charge in [0.15, 0.2) is 0 Å². The maximum atomic E-state index is 5.93. The van der Waals surface area contributed by atoms with Gasteiger partial charge in [-0.05, 0) is 55.7 Å². The Morgan fingerprint density at radius 3 is 2.53 bits per heavy atom. The van der Waals surface area contributed by atoms with Crippen molar-refractivity contribution in [1.82, 2.24) is 0 Å². The third-order valence-corrected chi connectivity index (χ3v) is 3.93. The van der Waals surface area contributed by atoms with Crippen molar-refractivity contribution in [2.75, 3.05) is 0 Å². The van der Waals surface area contributed by atoms with Gasteiger partial charge in [0.2, 0.25) is 0 Å². The van der Waals surface area contributed by atoms with Gasteiger partial charge in [0.1, 0.15) is 11.5 Å². The Morgan fingerprint density at radius 1 is 1.16 bits per heavy atom. The highest BCUT2D eigenvalue weighted by atomic mass is 79.9. The molecule has 0 saturated carbocycles. The summed E-state index contributed by atoms with van der Waals surface area (Å²) in [4.78, 5) is 0. The average Bonchev–Trinajstić information content (AvgIpc) is 2.34. The van der Waals surface area contributed by atoms with Crippen LogP contribution >= 0.6 is 15.9 Å². The second-order valence-corrected chi connectivity index (χ2v) is 5.63. The molecule has 0 amide bonds. The lowest BCUT2D eigenvalue weighted by atomic mass is 10.1. The van der Waals surface area contributed by atoms with Crippen LogP contribution in [0.2, 0.25) is 0 Å². The second-order valence-electron chi connectivity index (χ2n) is 4.77. The molecule has 2 aromatic rings. The van der Waals surface area contributed by atoms with Crippen LogP contribution in [0.15, 0.2) is 40.9 Å². The number of halogens is 1. The lowest BCUT2D eigenvalue weighted by Gasteiger charge is -2.13. The van der Waals surface area contributed by atoms with Crippen LogP contribution in [0.3, 0.4) is 0 Å². The largest absolute Gasteiger partial charge is 0.457 e. The summed E-state index contributed by atoms with van der Waals surface area (Å²) in [6, 6.07) is 12.0. The topological polar surface area (TPSA) is 35.2 Å². The minimum atomic E-state index is 0.00382. The summed E-state index contributed by atoms with van der Waals surface area (Å²) in [5.74, 6) is 1.70. The van der Waals surface area contributed by atoms with Gasteiger partial charge in [0, 0.05) is 10.5 Å². The fourth-order valence-electron chi connectivity index (χ4n) is 1.90. The molecule has 100 valence electrons. The molecular weight excluding hydrogens is 302 g/mol. The molecule has 2 nitrogen and oxygen atoms in total.